The summed E-state index contributed by atoms with van der Waals surface area (Å²) < 4.78 is 16.1. The maximum atomic E-state index is 12.0. The molecule has 0 radical (unpaired) electrons. The summed E-state index contributed by atoms with van der Waals surface area (Å²) in [5.74, 6) is -0.356. The molecule has 1 unspecified atom stereocenters. The van der Waals surface area contributed by atoms with Crippen LogP contribution in [0, 0.1) is 0 Å². The van der Waals surface area contributed by atoms with Gasteiger partial charge in [0.2, 0.25) is 0 Å². The Hall–Kier alpha value is -1.30. The maximum absolute atomic E-state index is 12.0. The number of amides is 1. The second kappa shape index (κ2) is 7.81. The molecule has 1 amide bonds. The molecule has 0 aromatic heterocycles. The van der Waals surface area contributed by atoms with E-state index in [0.29, 0.717) is 26.1 Å². The van der Waals surface area contributed by atoms with Crippen molar-refractivity contribution in [3.05, 3.63) is 0 Å². The number of nitrogens with zero attached hydrogens (tertiary/aromatic N) is 1. The van der Waals surface area contributed by atoms with Gasteiger partial charge in [-0.25, -0.2) is 9.59 Å². The maximum Gasteiger partial charge on any atom is 0.410 e. The molecule has 0 aliphatic carbocycles. The number of unbranched alkanes of at least 4 members (excludes halogenated alkanes) is 1. The van der Waals surface area contributed by atoms with Gasteiger partial charge in [-0.05, 0) is 40.5 Å². The van der Waals surface area contributed by atoms with E-state index < -0.39 is 11.2 Å². The number of likely N-dealkylation sites (tertiary alicyclic amines) is 1. The molecular formula is C16H29NO5. The summed E-state index contributed by atoms with van der Waals surface area (Å²) in [5.41, 5.74) is -1.04. The van der Waals surface area contributed by atoms with Crippen LogP contribution in [0.15, 0.2) is 0 Å². The fourth-order valence-electron chi connectivity index (χ4n) is 2.14. The van der Waals surface area contributed by atoms with Crippen LogP contribution in [-0.2, 0) is 19.0 Å². The monoisotopic (exact) mass is 315 g/mol. The summed E-state index contributed by atoms with van der Waals surface area (Å²) in [7, 11) is 0. The van der Waals surface area contributed by atoms with Gasteiger partial charge in [0.25, 0.3) is 0 Å². The van der Waals surface area contributed by atoms with Gasteiger partial charge in [0.15, 0.2) is 0 Å². The third-order valence-corrected chi connectivity index (χ3v) is 3.39. The SMILES string of the molecule is CCCCOC(=O)COC1(C)CCN(C(=O)OC(C)(C)C)C1. The Kier molecular flexibility index (Phi) is 6.66. The molecular weight excluding hydrogens is 286 g/mol. The van der Waals surface area contributed by atoms with Crippen LogP contribution in [-0.4, -0.2) is 54.5 Å². The summed E-state index contributed by atoms with van der Waals surface area (Å²) >= 11 is 0. The average Bonchev–Trinajstić information content (AvgIpc) is 2.78. The number of rotatable bonds is 6. The lowest BCUT2D eigenvalue weighted by Crippen LogP contribution is -2.39. The quantitative estimate of drug-likeness (QED) is 0.557. The molecule has 1 saturated heterocycles. The third-order valence-electron chi connectivity index (χ3n) is 3.39. The van der Waals surface area contributed by atoms with Crippen LogP contribution in [0.4, 0.5) is 4.79 Å². The van der Waals surface area contributed by atoms with Crippen LogP contribution in [0.25, 0.3) is 0 Å². The molecule has 6 nitrogen and oxygen atoms in total. The van der Waals surface area contributed by atoms with E-state index in [1.54, 1.807) is 4.90 Å². The van der Waals surface area contributed by atoms with E-state index >= 15 is 0 Å². The molecule has 6 heteroatoms. The zero-order valence-electron chi connectivity index (χ0n) is 14.4. The summed E-state index contributed by atoms with van der Waals surface area (Å²) in [6.07, 6.45) is 2.17. The van der Waals surface area contributed by atoms with Gasteiger partial charge < -0.3 is 19.1 Å². The van der Waals surface area contributed by atoms with E-state index in [4.69, 9.17) is 14.2 Å². The van der Waals surface area contributed by atoms with Crippen molar-refractivity contribution in [1.29, 1.82) is 0 Å². The van der Waals surface area contributed by atoms with Crippen molar-refractivity contribution in [2.24, 2.45) is 0 Å². The summed E-state index contributed by atoms with van der Waals surface area (Å²) in [6, 6.07) is 0. The number of ether oxygens (including phenoxy) is 3. The van der Waals surface area contributed by atoms with Gasteiger partial charge in [-0.15, -0.1) is 0 Å². The van der Waals surface area contributed by atoms with Gasteiger partial charge in [-0.3, -0.25) is 0 Å². The highest BCUT2D eigenvalue weighted by Gasteiger charge is 2.39. The van der Waals surface area contributed by atoms with Crippen LogP contribution in [0.3, 0.4) is 0 Å². The zero-order chi connectivity index (χ0) is 16.8. The normalized spacial score (nSPS) is 21.8. The van der Waals surface area contributed by atoms with Crippen molar-refractivity contribution >= 4 is 12.1 Å². The first-order chi connectivity index (χ1) is 10.2. The first-order valence-electron chi connectivity index (χ1n) is 7.93. The standard InChI is InChI=1S/C16H29NO5/c1-6-7-10-20-13(18)11-21-16(5)8-9-17(12-16)14(19)22-15(2,3)4/h6-12H2,1-5H3. The second-order valence-corrected chi connectivity index (χ2v) is 6.96. The Labute approximate surface area is 133 Å². The van der Waals surface area contributed by atoms with Crippen LogP contribution >= 0.6 is 0 Å². The van der Waals surface area contributed by atoms with Gasteiger partial charge in [0.05, 0.1) is 18.8 Å². The first kappa shape index (κ1) is 18.7. The van der Waals surface area contributed by atoms with Gasteiger partial charge in [-0.2, -0.15) is 0 Å². The van der Waals surface area contributed by atoms with Crippen LogP contribution in [0.2, 0.25) is 0 Å². The van der Waals surface area contributed by atoms with E-state index in [-0.39, 0.29) is 18.7 Å². The van der Waals surface area contributed by atoms with Crippen molar-refractivity contribution in [2.45, 2.75) is 65.1 Å². The predicted octanol–water partition coefficient (Wildman–Crippen LogP) is 2.75. The highest BCUT2D eigenvalue weighted by Crippen LogP contribution is 2.26. The molecule has 1 aliphatic heterocycles. The van der Waals surface area contributed by atoms with Crippen molar-refractivity contribution < 1.29 is 23.8 Å². The Morgan fingerprint density at radius 3 is 2.55 bits per heavy atom. The zero-order valence-corrected chi connectivity index (χ0v) is 14.4. The minimum Gasteiger partial charge on any atom is -0.464 e. The summed E-state index contributed by atoms with van der Waals surface area (Å²) in [5, 5.41) is 0. The number of carbonyl (C=O) groups is 2. The number of esters is 1. The number of hydrogen-bond acceptors (Lipinski definition) is 5. The summed E-state index contributed by atoms with van der Waals surface area (Å²) in [6.45, 7) is 10.8. The topological polar surface area (TPSA) is 65.1 Å². The Bertz CT molecular complexity index is 390. The fourth-order valence-corrected chi connectivity index (χ4v) is 2.14. The molecule has 0 aromatic rings. The minimum atomic E-state index is -0.527. The van der Waals surface area contributed by atoms with Crippen molar-refractivity contribution in [3.8, 4) is 0 Å². The van der Waals surface area contributed by atoms with Crippen molar-refractivity contribution in [2.75, 3.05) is 26.3 Å². The van der Waals surface area contributed by atoms with E-state index in [0.717, 1.165) is 12.8 Å². The smallest absolute Gasteiger partial charge is 0.410 e. The molecule has 1 heterocycles. The van der Waals surface area contributed by atoms with Gasteiger partial charge >= 0.3 is 12.1 Å². The lowest BCUT2D eigenvalue weighted by atomic mass is 10.1. The van der Waals surface area contributed by atoms with Crippen molar-refractivity contribution in [1.82, 2.24) is 4.90 Å². The molecule has 1 aliphatic rings. The highest BCUT2D eigenvalue weighted by molar-refractivity contribution is 5.71. The molecule has 1 atom stereocenters. The highest BCUT2D eigenvalue weighted by atomic mass is 16.6. The molecule has 128 valence electrons. The molecule has 0 bridgehead atoms. The molecule has 0 N–H and O–H groups in total. The van der Waals surface area contributed by atoms with E-state index in [9.17, 15) is 9.59 Å². The Balaban J connectivity index is 2.36. The van der Waals surface area contributed by atoms with Crippen molar-refractivity contribution in [3.63, 3.8) is 0 Å². The third kappa shape index (κ3) is 6.64. The molecule has 0 spiro atoms. The fraction of sp³-hybridized carbons (Fsp3) is 0.875. The first-order valence-corrected chi connectivity index (χ1v) is 7.93. The molecule has 0 saturated carbocycles. The molecule has 1 fully saturated rings. The molecule has 22 heavy (non-hydrogen) atoms. The largest absolute Gasteiger partial charge is 0.464 e. The lowest BCUT2D eigenvalue weighted by Gasteiger charge is -2.27. The van der Waals surface area contributed by atoms with E-state index in [1.165, 1.54) is 0 Å². The van der Waals surface area contributed by atoms with Crippen LogP contribution in [0.1, 0.15) is 53.9 Å². The predicted molar refractivity (Wildman–Crippen MR) is 82.6 cm³/mol. The van der Waals surface area contributed by atoms with Crippen LogP contribution < -0.4 is 0 Å². The Morgan fingerprint density at radius 1 is 1.27 bits per heavy atom. The minimum absolute atomic E-state index is 0.0810. The molecule has 0 aromatic carbocycles. The second-order valence-electron chi connectivity index (χ2n) is 6.96. The van der Waals surface area contributed by atoms with Gasteiger partial charge in [-0.1, -0.05) is 13.3 Å². The van der Waals surface area contributed by atoms with E-state index in [1.807, 2.05) is 34.6 Å². The summed E-state index contributed by atoms with van der Waals surface area (Å²) in [4.78, 5) is 25.2. The number of hydrogen-bond donors (Lipinski definition) is 0. The van der Waals surface area contributed by atoms with Crippen LogP contribution in [0.5, 0.6) is 0 Å². The lowest BCUT2D eigenvalue weighted by molar-refractivity contribution is -0.154. The van der Waals surface area contributed by atoms with Gasteiger partial charge in [0, 0.05) is 6.54 Å². The molecule has 1 rings (SSSR count). The van der Waals surface area contributed by atoms with E-state index in [2.05, 4.69) is 0 Å². The number of carbonyl (C=O) groups excluding carboxylic acids is 2. The average molecular weight is 315 g/mol. The Morgan fingerprint density at radius 2 is 1.95 bits per heavy atom. The van der Waals surface area contributed by atoms with Gasteiger partial charge in [0.1, 0.15) is 12.2 Å².